The summed E-state index contributed by atoms with van der Waals surface area (Å²) < 4.78 is 17.6. The molecule has 33 heavy (non-hydrogen) atoms. The first kappa shape index (κ1) is 19.9. The summed E-state index contributed by atoms with van der Waals surface area (Å²) in [5.74, 6) is 2.29. The summed E-state index contributed by atoms with van der Waals surface area (Å²) in [6.07, 6.45) is 2.80. The van der Waals surface area contributed by atoms with E-state index in [1.807, 2.05) is 73.7 Å². The molecule has 0 bridgehead atoms. The minimum absolute atomic E-state index is 0.109. The van der Waals surface area contributed by atoms with Crippen molar-refractivity contribution in [2.24, 2.45) is 5.92 Å². The average Bonchev–Trinajstić information content (AvgIpc) is 3.39. The second-order valence-electron chi connectivity index (χ2n) is 8.67. The van der Waals surface area contributed by atoms with Gasteiger partial charge in [0, 0.05) is 22.6 Å². The third kappa shape index (κ3) is 3.01. The number of hydrogen-bond acceptors (Lipinski definition) is 4. The molecular weight excluding hydrogens is 412 g/mol. The number of hydrogen-bond donors (Lipinski definition) is 0. The third-order valence-corrected chi connectivity index (χ3v) is 6.85. The van der Waals surface area contributed by atoms with Crippen molar-refractivity contribution < 1.29 is 19.0 Å². The zero-order valence-electron chi connectivity index (χ0n) is 18.4. The summed E-state index contributed by atoms with van der Waals surface area (Å²) in [5, 5.41) is 0. The van der Waals surface area contributed by atoms with Crippen molar-refractivity contribution in [3.05, 3.63) is 107 Å². The van der Waals surface area contributed by atoms with Gasteiger partial charge in [0.2, 0.25) is 0 Å². The fourth-order valence-electron chi connectivity index (χ4n) is 5.37. The normalized spacial score (nSPS) is 23.0. The minimum Gasteiger partial charge on any atom is -0.494 e. The molecule has 1 aliphatic carbocycles. The Kier molecular flexibility index (Phi) is 4.61. The summed E-state index contributed by atoms with van der Waals surface area (Å²) in [6, 6.07) is 26.0. The van der Waals surface area contributed by atoms with Gasteiger partial charge < -0.3 is 14.2 Å². The van der Waals surface area contributed by atoms with E-state index in [1.165, 1.54) is 0 Å². The number of para-hydroxylation sites is 1. The van der Waals surface area contributed by atoms with Gasteiger partial charge in [0.05, 0.1) is 13.2 Å². The first-order valence-electron chi connectivity index (χ1n) is 11.4. The predicted molar refractivity (Wildman–Crippen MR) is 127 cm³/mol. The zero-order chi connectivity index (χ0) is 22.4. The van der Waals surface area contributed by atoms with E-state index in [2.05, 4.69) is 18.2 Å². The average molecular weight is 437 g/mol. The molecule has 0 amide bonds. The SMILES string of the molecule is CCOc1ccc(C2=C3C=C(c4ccccc4)[C@]4(C[C@H]3CO2)C(=O)Oc2ccccc24)cc1. The molecule has 4 nitrogen and oxygen atoms in total. The Bertz CT molecular complexity index is 1290. The fraction of sp³-hybridized carbons (Fsp3) is 0.207. The smallest absolute Gasteiger partial charge is 0.326 e. The van der Waals surface area contributed by atoms with Crippen molar-refractivity contribution in [3.8, 4) is 11.5 Å². The van der Waals surface area contributed by atoms with Crippen LogP contribution in [-0.2, 0) is 14.9 Å². The van der Waals surface area contributed by atoms with Gasteiger partial charge in [-0.2, -0.15) is 0 Å². The van der Waals surface area contributed by atoms with E-state index >= 15 is 0 Å². The molecule has 164 valence electrons. The molecule has 0 saturated carbocycles. The van der Waals surface area contributed by atoms with Crippen LogP contribution >= 0.6 is 0 Å². The van der Waals surface area contributed by atoms with E-state index < -0.39 is 5.41 Å². The Morgan fingerprint density at radius 3 is 2.48 bits per heavy atom. The van der Waals surface area contributed by atoms with Crippen LogP contribution in [0.1, 0.15) is 30.0 Å². The third-order valence-electron chi connectivity index (χ3n) is 6.85. The molecule has 2 aliphatic heterocycles. The Labute approximate surface area is 193 Å². The number of ether oxygens (including phenoxy) is 3. The maximum atomic E-state index is 13.5. The summed E-state index contributed by atoms with van der Waals surface area (Å²) in [4.78, 5) is 13.5. The van der Waals surface area contributed by atoms with Gasteiger partial charge in [-0.15, -0.1) is 0 Å². The van der Waals surface area contributed by atoms with Crippen molar-refractivity contribution in [1.82, 2.24) is 0 Å². The summed E-state index contributed by atoms with van der Waals surface area (Å²) >= 11 is 0. The summed E-state index contributed by atoms with van der Waals surface area (Å²) in [5.41, 5.74) is 4.27. The van der Waals surface area contributed by atoms with E-state index in [4.69, 9.17) is 14.2 Å². The highest BCUT2D eigenvalue weighted by atomic mass is 16.5. The first-order valence-corrected chi connectivity index (χ1v) is 11.4. The molecule has 0 saturated heterocycles. The van der Waals surface area contributed by atoms with E-state index in [1.54, 1.807) is 0 Å². The van der Waals surface area contributed by atoms with Crippen LogP contribution in [0.3, 0.4) is 0 Å². The van der Waals surface area contributed by atoms with Crippen LogP contribution in [0, 0.1) is 5.92 Å². The Morgan fingerprint density at radius 1 is 0.939 bits per heavy atom. The Balaban J connectivity index is 1.54. The van der Waals surface area contributed by atoms with E-state index in [-0.39, 0.29) is 11.9 Å². The molecule has 3 aromatic carbocycles. The highest BCUT2D eigenvalue weighted by molar-refractivity contribution is 6.05. The number of fused-ring (bicyclic) bond motifs is 3. The van der Waals surface area contributed by atoms with Crippen LogP contribution in [0.15, 0.2) is 90.5 Å². The summed E-state index contributed by atoms with van der Waals surface area (Å²) in [6.45, 7) is 3.16. The molecular formula is C29H24O4. The lowest BCUT2D eigenvalue weighted by molar-refractivity contribution is -0.136. The number of esters is 1. The van der Waals surface area contributed by atoms with Gasteiger partial charge in [-0.25, -0.2) is 0 Å². The van der Waals surface area contributed by atoms with Crippen molar-refractivity contribution in [3.63, 3.8) is 0 Å². The zero-order valence-corrected chi connectivity index (χ0v) is 18.4. The van der Waals surface area contributed by atoms with Crippen molar-refractivity contribution >= 4 is 17.3 Å². The van der Waals surface area contributed by atoms with Gasteiger partial charge in [0.15, 0.2) is 0 Å². The highest BCUT2D eigenvalue weighted by Crippen LogP contribution is 2.57. The number of allylic oxidation sites excluding steroid dienone is 1. The standard InChI is InChI=1S/C29H24O4/c1-2-31-22-14-12-20(13-15-22)27-23-16-25(19-8-4-3-5-9-19)29(17-21(23)18-32-27)24-10-6-7-11-26(24)33-28(29)30/h3-16,21H,2,17-18H2,1H3/t21-,29+/m0/s1. The van der Waals surface area contributed by atoms with Crippen LogP contribution in [0.2, 0.25) is 0 Å². The molecule has 3 aromatic rings. The monoisotopic (exact) mass is 436 g/mol. The van der Waals surface area contributed by atoms with Gasteiger partial charge in [0.1, 0.15) is 22.7 Å². The van der Waals surface area contributed by atoms with Crippen LogP contribution in [0.5, 0.6) is 11.5 Å². The van der Waals surface area contributed by atoms with Gasteiger partial charge in [0.25, 0.3) is 0 Å². The number of carbonyl (C=O) groups excluding carboxylic acids is 1. The second kappa shape index (κ2) is 7.66. The van der Waals surface area contributed by atoms with Gasteiger partial charge >= 0.3 is 5.97 Å². The lowest BCUT2D eigenvalue weighted by Crippen LogP contribution is -2.40. The topological polar surface area (TPSA) is 44.8 Å². The van der Waals surface area contributed by atoms with Crippen molar-refractivity contribution in [1.29, 1.82) is 0 Å². The molecule has 1 spiro atoms. The number of carbonyl (C=O) groups is 1. The lowest BCUT2D eigenvalue weighted by atomic mass is 9.63. The van der Waals surface area contributed by atoms with Gasteiger partial charge in [-0.05, 0) is 60.9 Å². The predicted octanol–water partition coefficient (Wildman–Crippen LogP) is 5.79. The maximum Gasteiger partial charge on any atom is 0.326 e. The number of rotatable bonds is 4. The molecule has 0 unspecified atom stereocenters. The second-order valence-corrected chi connectivity index (χ2v) is 8.67. The van der Waals surface area contributed by atoms with E-state index in [9.17, 15) is 4.79 Å². The molecule has 2 heterocycles. The molecule has 0 aromatic heterocycles. The molecule has 0 radical (unpaired) electrons. The van der Waals surface area contributed by atoms with Crippen LogP contribution in [0.4, 0.5) is 0 Å². The minimum atomic E-state index is -0.830. The fourth-order valence-corrected chi connectivity index (χ4v) is 5.37. The molecule has 4 heteroatoms. The summed E-state index contributed by atoms with van der Waals surface area (Å²) in [7, 11) is 0. The van der Waals surface area contributed by atoms with Crippen molar-refractivity contribution in [2.75, 3.05) is 13.2 Å². The largest absolute Gasteiger partial charge is 0.494 e. The van der Waals surface area contributed by atoms with Crippen molar-refractivity contribution in [2.45, 2.75) is 18.8 Å². The van der Waals surface area contributed by atoms with E-state index in [0.29, 0.717) is 25.4 Å². The Hall–Kier alpha value is -3.79. The first-order chi connectivity index (χ1) is 16.2. The molecule has 0 N–H and O–H groups in total. The maximum absolute atomic E-state index is 13.5. The van der Waals surface area contributed by atoms with Crippen LogP contribution < -0.4 is 9.47 Å². The molecule has 2 atom stereocenters. The van der Waals surface area contributed by atoms with Gasteiger partial charge in [-0.3, -0.25) is 4.79 Å². The van der Waals surface area contributed by atoms with E-state index in [0.717, 1.165) is 39.3 Å². The van der Waals surface area contributed by atoms with Gasteiger partial charge in [-0.1, -0.05) is 48.5 Å². The molecule has 0 fully saturated rings. The molecule has 3 aliphatic rings. The quantitative estimate of drug-likeness (QED) is 0.384. The highest BCUT2D eigenvalue weighted by Gasteiger charge is 2.56. The van der Waals surface area contributed by atoms with Crippen LogP contribution in [0.25, 0.3) is 11.3 Å². The Morgan fingerprint density at radius 2 is 1.70 bits per heavy atom. The number of benzene rings is 3. The lowest BCUT2D eigenvalue weighted by Gasteiger charge is -2.36. The molecule has 6 rings (SSSR count). The van der Waals surface area contributed by atoms with Crippen LogP contribution in [-0.4, -0.2) is 19.2 Å².